The van der Waals surface area contributed by atoms with Gasteiger partial charge in [0.15, 0.2) is 11.5 Å². The third-order valence-corrected chi connectivity index (χ3v) is 7.44. The Morgan fingerprint density at radius 2 is 2.06 bits per heavy atom. The van der Waals surface area contributed by atoms with Crippen LogP contribution in [0.1, 0.15) is 5.56 Å². The highest BCUT2D eigenvalue weighted by Crippen LogP contribution is 2.53. The second kappa shape index (κ2) is 7.11. The van der Waals surface area contributed by atoms with Crippen molar-refractivity contribution >= 4 is 28.4 Å². The van der Waals surface area contributed by atoms with Crippen LogP contribution in [0.25, 0.3) is 10.9 Å². The largest absolute Gasteiger partial charge is 0.454 e. The van der Waals surface area contributed by atoms with E-state index >= 15 is 0 Å². The van der Waals surface area contributed by atoms with Crippen LogP contribution in [0.4, 0.5) is 5.69 Å². The molecule has 8 nitrogen and oxygen atoms in total. The molecule has 0 aliphatic carbocycles. The van der Waals surface area contributed by atoms with Gasteiger partial charge in [0.05, 0.1) is 24.5 Å². The minimum Gasteiger partial charge on any atom is -0.454 e. The van der Waals surface area contributed by atoms with Gasteiger partial charge in [0, 0.05) is 35.4 Å². The number of H-pyrrole nitrogens is 1. The monoisotopic (exact) mass is 457 g/mol. The fraction of sp³-hybridized carbons (Fsp3) is 0.308. The van der Waals surface area contributed by atoms with Crippen LogP contribution in [0.3, 0.4) is 0 Å². The van der Waals surface area contributed by atoms with Crippen LogP contribution in [-0.4, -0.2) is 48.4 Å². The molecule has 3 unspecified atom stereocenters. The molecule has 5 heterocycles. The molecule has 2 fully saturated rings. The van der Waals surface area contributed by atoms with Gasteiger partial charge in [-0.1, -0.05) is 30.4 Å². The number of nitrogens with one attached hydrogen (secondary N) is 2. The summed E-state index contributed by atoms with van der Waals surface area (Å²) in [5, 5.41) is 4.22. The van der Waals surface area contributed by atoms with Gasteiger partial charge in [-0.05, 0) is 30.2 Å². The van der Waals surface area contributed by atoms with Gasteiger partial charge in [0.2, 0.25) is 18.6 Å². The average Bonchev–Trinajstić information content (AvgIpc) is 3.66. The molecule has 7 rings (SSSR count). The maximum Gasteiger partial charge on any atom is 0.234 e. The molecule has 8 heteroatoms. The van der Waals surface area contributed by atoms with Crippen molar-refractivity contribution in [3.05, 3.63) is 66.4 Å². The molecule has 4 atom stereocenters. The van der Waals surface area contributed by atoms with Crippen LogP contribution >= 0.6 is 0 Å². The summed E-state index contributed by atoms with van der Waals surface area (Å²) in [6.45, 7) is 1.04. The minimum atomic E-state index is -0.767. The maximum absolute atomic E-state index is 13.5. The van der Waals surface area contributed by atoms with Gasteiger partial charge >= 0.3 is 0 Å². The maximum atomic E-state index is 13.5. The van der Waals surface area contributed by atoms with Gasteiger partial charge in [-0.2, -0.15) is 0 Å². The summed E-state index contributed by atoms with van der Waals surface area (Å²) in [6, 6.07) is 13.6. The van der Waals surface area contributed by atoms with Crippen molar-refractivity contribution in [1.82, 2.24) is 10.3 Å². The van der Waals surface area contributed by atoms with Crippen molar-refractivity contribution in [2.45, 2.75) is 18.1 Å². The Morgan fingerprint density at radius 3 is 3.00 bits per heavy atom. The molecule has 1 aromatic heterocycles. The van der Waals surface area contributed by atoms with Crippen molar-refractivity contribution in [2.75, 3.05) is 24.8 Å². The number of carbonyl (C=O) groups excluding carboxylic acids is 2. The molecule has 34 heavy (non-hydrogen) atoms. The molecular weight excluding hydrogens is 434 g/mol. The summed E-state index contributed by atoms with van der Waals surface area (Å²) in [5.74, 6) is -0.0320. The first kappa shape index (κ1) is 19.7. The van der Waals surface area contributed by atoms with Gasteiger partial charge < -0.3 is 29.4 Å². The first-order chi connectivity index (χ1) is 16.6. The molecule has 2 saturated heterocycles. The molecule has 1 spiro atoms. The molecule has 2 aromatic carbocycles. The fourth-order valence-corrected chi connectivity index (χ4v) is 5.85. The Hall–Kier alpha value is -3.78. The highest BCUT2D eigenvalue weighted by Gasteiger charge is 2.67. The Bertz CT molecular complexity index is 1360. The number of hydrogen-bond acceptors (Lipinski definition) is 5. The van der Waals surface area contributed by atoms with E-state index in [1.54, 1.807) is 11.0 Å². The third kappa shape index (κ3) is 2.75. The Kier molecular flexibility index (Phi) is 4.11. The van der Waals surface area contributed by atoms with Crippen molar-refractivity contribution < 1.29 is 23.8 Å². The van der Waals surface area contributed by atoms with Crippen LogP contribution in [0.15, 0.2) is 60.8 Å². The van der Waals surface area contributed by atoms with Crippen molar-refractivity contribution in [1.29, 1.82) is 0 Å². The Balaban J connectivity index is 1.08. The second-order valence-corrected chi connectivity index (χ2v) is 9.26. The summed E-state index contributed by atoms with van der Waals surface area (Å²) in [5.41, 5.74) is 2.19. The summed E-state index contributed by atoms with van der Waals surface area (Å²) in [6.07, 6.45) is 6.20. The number of carbonyl (C=O) groups is 2. The van der Waals surface area contributed by atoms with Crippen LogP contribution in [0.2, 0.25) is 0 Å². The number of anilines is 1. The molecule has 3 aromatic rings. The molecule has 172 valence electrons. The van der Waals surface area contributed by atoms with Gasteiger partial charge in [0.25, 0.3) is 0 Å². The quantitative estimate of drug-likeness (QED) is 0.575. The van der Waals surface area contributed by atoms with Crippen molar-refractivity contribution in [3.8, 4) is 11.5 Å². The zero-order valence-electron chi connectivity index (χ0n) is 18.3. The third-order valence-electron chi connectivity index (χ3n) is 7.44. The van der Waals surface area contributed by atoms with Gasteiger partial charge in [-0.15, -0.1) is 0 Å². The number of hydrogen-bond donors (Lipinski definition) is 2. The Labute approximate surface area is 195 Å². The number of fused-ring (bicyclic) bond motifs is 3. The van der Waals surface area contributed by atoms with E-state index in [4.69, 9.17) is 14.2 Å². The average molecular weight is 457 g/mol. The number of aromatic amines is 1. The highest BCUT2D eigenvalue weighted by atomic mass is 16.7. The number of para-hydroxylation sites is 1. The molecule has 2 N–H and O–H groups in total. The summed E-state index contributed by atoms with van der Waals surface area (Å²) in [7, 11) is 0. The fourth-order valence-electron chi connectivity index (χ4n) is 5.85. The molecule has 0 radical (unpaired) electrons. The molecule has 0 saturated carbocycles. The van der Waals surface area contributed by atoms with E-state index in [1.807, 2.05) is 48.7 Å². The predicted octanol–water partition coefficient (Wildman–Crippen LogP) is 2.54. The lowest BCUT2D eigenvalue weighted by Crippen LogP contribution is -2.44. The first-order valence-electron chi connectivity index (χ1n) is 11.5. The minimum absolute atomic E-state index is 0.0949. The number of benzene rings is 2. The van der Waals surface area contributed by atoms with Crippen LogP contribution in [-0.2, 0) is 20.7 Å². The van der Waals surface area contributed by atoms with E-state index in [1.165, 1.54) is 0 Å². The zero-order chi connectivity index (χ0) is 22.9. The summed E-state index contributed by atoms with van der Waals surface area (Å²) < 4.78 is 17.1. The van der Waals surface area contributed by atoms with E-state index in [0.29, 0.717) is 31.0 Å². The standard InChI is InChI=1S/C26H23N3O5/c30-24(27-10-8-15-12-28-18-4-2-1-3-17(15)18)22-20-7-9-26(34-20)13-29(25(31)23(22)26)16-5-6-19-21(11-16)33-14-32-19/h1-7,9,11-12,20,22-23,28H,8,10,13-14H2,(H,27,30)/t20?,22?,23?,26-/m1/s1. The van der Waals surface area contributed by atoms with E-state index in [2.05, 4.69) is 16.4 Å². The Morgan fingerprint density at radius 1 is 1.18 bits per heavy atom. The van der Waals surface area contributed by atoms with Crippen LogP contribution in [0, 0.1) is 11.8 Å². The topological polar surface area (TPSA) is 92.9 Å². The molecule has 4 aliphatic heterocycles. The van der Waals surface area contributed by atoms with Crippen LogP contribution < -0.4 is 19.7 Å². The predicted molar refractivity (Wildman–Crippen MR) is 124 cm³/mol. The number of rotatable bonds is 5. The smallest absolute Gasteiger partial charge is 0.234 e. The number of aromatic nitrogens is 1. The summed E-state index contributed by atoms with van der Waals surface area (Å²) in [4.78, 5) is 31.8. The van der Waals surface area contributed by atoms with Gasteiger partial charge in [-0.3, -0.25) is 9.59 Å². The van der Waals surface area contributed by atoms with E-state index in [0.717, 1.165) is 22.2 Å². The van der Waals surface area contributed by atoms with Gasteiger partial charge in [-0.25, -0.2) is 0 Å². The van der Waals surface area contributed by atoms with E-state index in [-0.39, 0.29) is 24.7 Å². The first-order valence-corrected chi connectivity index (χ1v) is 11.5. The molecule has 2 bridgehead atoms. The van der Waals surface area contributed by atoms with E-state index in [9.17, 15) is 9.59 Å². The highest BCUT2D eigenvalue weighted by molar-refractivity contribution is 6.03. The molecular formula is C26H23N3O5. The lowest BCUT2D eigenvalue weighted by Gasteiger charge is -2.23. The zero-order valence-corrected chi connectivity index (χ0v) is 18.3. The number of amides is 2. The van der Waals surface area contributed by atoms with Crippen molar-refractivity contribution in [3.63, 3.8) is 0 Å². The lowest BCUT2D eigenvalue weighted by molar-refractivity contribution is -0.131. The molecule has 4 aliphatic rings. The number of ether oxygens (including phenoxy) is 3. The molecule has 2 amide bonds. The summed E-state index contributed by atoms with van der Waals surface area (Å²) >= 11 is 0. The van der Waals surface area contributed by atoms with Crippen molar-refractivity contribution in [2.24, 2.45) is 11.8 Å². The number of nitrogens with zero attached hydrogens (tertiary/aromatic N) is 1. The van der Waals surface area contributed by atoms with Crippen LogP contribution in [0.5, 0.6) is 11.5 Å². The SMILES string of the molecule is O=C(NCCc1c[nH]c2ccccc12)C1C2C=C[C@]3(CN(c4ccc5c(c4)OCO5)C(=O)C13)O2. The lowest BCUT2D eigenvalue weighted by atomic mass is 9.77. The normalized spacial score (nSPS) is 28.2. The van der Waals surface area contributed by atoms with Gasteiger partial charge in [0.1, 0.15) is 5.60 Å². The second-order valence-electron chi connectivity index (χ2n) is 9.26. The van der Waals surface area contributed by atoms with E-state index < -0.39 is 17.4 Å².